The van der Waals surface area contributed by atoms with Gasteiger partial charge in [0.1, 0.15) is 0 Å². The van der Waals surface area contributed by atoms with Crippen molar-refractivity contribution in [3.8, 4) is 0 Å². The van der Waals surface area contributed by atoms with Gasteiger partial charge in [-0.15, -0.1) is 5.10 Å². The zero-order valence-electron chi connectivity index (χ0n) is 9.44. The van der Waals surface area contributed by atoms with Crippen LogP contribution in [0.4, 0.5) is 0 Å². The van der Waals surface area contributed by atoms with Crippen molar-refractivity contribution in [2.75, 3.05) is 6.26 Å². The van der Waals surface area contributed by atoms with Gasteiger partial charge in [-0.3, -0.25) is 0 Å². The average molecular weight is 251 g/mol. The van der Waals surface area contributed by atoms with Crippen molar-refractivity contribution in [2.24, 2.45) is 0 Å². The molecule has 2 rings (SSSR count). The molecule has 90 valence electrons. The van der Waals surface area contributed by atoms with Crippen LogP contribution in [0.2, 0.25) is 0 Å². The van der Waals surface area contributed by atoms with Crippen molar-refractivity contribution in [3.05, 3.63) is 47.8 Å². The summed E-state index contributed by atoms with van der Waals surface area (Å²) in [4.78, 5) is 0. The maximum absolute atomic E-state index is 11.1. The van der Waals surface area contributed by atoms with Gasteiger partial charge in [0, 0.05) is 12.5 Å². The number of nitrogens with zero attached hydrogens (tertiary/aromatic N) is 3. The lowest BCUT2D eigenvalue weighted by Crippen LogP contribution is -2.01. The molecule has 0 atom stereocenters. The first-order chi connectivity index (χ1) is 8.03. The molecule has 0 fully saturated rings. The Balaban J connectivity index is 2.09. The molecular formula is C11H13N3O2S. The predicted octanol–water partition coefficient (Wildman–Crippen LogP) is 0.871. The number of benzene rings is 1. The third-order valence-electron chi connectivity index (χ3n) is 2.18. The van der Waals surface area contributed by atoms with Crippen LogP contribution in [0.5, 0.6) is 0 Å². The Morgan fingerprint density at radius 1 is 1.24 bits per heavy atom. The molecule has 5 nitrogen and oxygen atoms in total. The number of sulfone groups is 1. The van der Waals surface area contributed by atoms with Crippen LogP contribution in [0.25, 0.3) is 0 Å². The summed E-state index contributed by atoms with van der Waals surface area (Å²) in [5, 5.41) is 7.73. The van der Waals surface area contributed by atoms with Gasteiger partial charge >= 0.3 is 0 Å². The van der Waals surface area contributed by atoms with Crippen molar-refractivity contribution in [1.29, 1.82) is 0 Å². The average Bonchev–Trinajstić information content (AvgIpc) is 2.64. The van der Waals surface area contributed by atoms with Gasteiger partial charge in [-0.2, -0.15) is 0 Å². The van der Waals surface area contributed by atoms with E-state index in [1.165, 1.54) is 6.26 Å². The summed E-state index contributed by atoms with van der Waals surface area (Å²) in [6.07, 6.45) is 2.84. The lowest BCUT2D eigenvalue weighted by molar-refractivity contribution is 0.600. The van der Waals surface area contributed by atoms with Gasteiger partial charge in [0.25, 0.3) is 0 Å². The molecule has 1 aromatic heterocycles. The molecule has 0 bridgehead atoms. The van der Waals surface area contributed by atoms with Gasteiger partial charge in [0.15, 0.2) is 9.84 Å². The molecule has 0 saturated heterocycles. The third-order valence-corrected chi connectivity index (χ3v) is 3.00. The Bertz CT molecular complexity index is 590. The van der Waals surface area contributed by atoms with Gasteiger partial charge in [-0.25, -0.2) is 13.1 Å². The van der Waals surface area contributed by atoms with Gasteiger partial charge in [0.2, 0.25) is 0 Å². The fourth-order valence-electron chi connectivity index (χ4n) is 1.52. The van der Waals surface area contributed by atoms with Gasteiger partial charge in [-0.05, 0) is 5.56 Å². The van der Waals surface area contributed by atoms with Crippen molar-refractivity contribution in [2.45, 2.75) is 12.3 Å². The number of rotatable bonds is 4. The molecule has 2 aromatic rings. The van der Waals surface area contributed by atoms with Crippen molar-refractivity contribution in [3.63, 3.8) is 0 Å². The summed E-state index contributed by atoms with van der Waals surface area (Å²) in [7, 11) is -3.05. The Morgan fingerprint density at radius 3 is 2.59 bits per heavy atom. The lowest BCUT2D eigenvalue weighted by atomic mass is 10.2. The Hall–Kier alpha value is -1.69. The van der Waals surface area contributed by atoms with Crippen LogP contribution in [0.3, 0.4) is 0 Å². The van der Waals surface area contributed by atoms with Crippen LogP contribution in [0.1, 0.15) is 11.3 Å². The van der Waals surface area contributed by atoms with Crippen LogP contribution in [0, 0.1) is 0 Å². The molecule has 0 spiro atoms. The van der Waals surface area contributed by atoms with Crippen LogP contribution >= 0.6 is 0 Å². The van der Waals surface area contributed by atoms with E-state index < -0.39 is 9.84 Å². The highest BCUT2D eigenvalue weighted by Gasteiger charge is 2.08. The molecule has 1 heterocycles. The Kier molecular flexibility index (Phi) is 3.23. The number of hydrogen-bond acceptors (Lipinski definition) is 4. The fourth-order valence-corrected chi connectivity index (χ4v) is 2.19. The highest BCUT2D eigenvalue weighted by Crippen LogP contribution is 2.04. The zero-order chi connectivity index (χ0) is 12.3. The summed E-state index contributed by atoms with van der Waals surface area (Å²) in [5.41, 5.74) is 1.58. The van der Waals surface area contributed by atoms with E-state index in [0.29, 0.717) is 12.2 Å². The van der Waals surface area contributed by atoms with Crippen LogP contribution in [0.15, 0.2) is 36.5 Å². The molecular weight excluding hydrogens is 238 g/mol. The topological polar surface area (TPSA) is 64.8 Å². The first-order valence-corrected chi connectivity index (χ1v) is 7.20. The van der Waals surface area contributed by atoms with E-state index in [2.05, 4.69) is 10.3 Å². The Morgan fingerprint density at radius 2 is 1.94 bits per heavy atom. The minimum absolute atomic E-state index is 0.0677. The molecule has 1 aromatic carbocycles. The summed E-state index contributed by atoms with van der Waals surface area (Å²) in [5.74, 6) is -0.0677. The number of aromatic nitrogens is 3. The van der Waals surface area contributed by atoms with Crippen LogP contribution in [-0.4, -0.2) is 29.7 Å². The summed E-state index contributed by atoms with van der Waals surface area (Å²) in [6, 6.07) is 9.81. The molecule has 0 unspecified atom stereocenters. The minimum Gasteiger partial charge on any atom is -0.248 e. The normalized spacial score (nSPS) is 11.6. The summed E-state index contributed by atoms with van der Waals surface area (Å²) < 4.78 is 23.8. The highest BCUT2D eigenvalue weighted by molar-refractivity contribution is 7.89. The molecule has 17 heavy (non-hydrogen) atoms. The van der Waals surface area contributed by atoms with Gasteiger partial charge in [0.05, 0.1) is 18.0 Å². The molecule has 0 aliphatic heterocycles. The quantitative estimate of drug-likeness (QED) is 0.808. The van der Waals surface area contributed by atoms with Crippen molar-refractivity contribution in [1.82, 2.24) is 15.0 Å². The molecule has 0 radical (unpaired) electrons. The van der Waals surface area contributed by atoms with E-state index in [9.17, 15) is 8.42 Å². The van der Waals surface area contributed by atoms with Crippen molar-refractivity contribution < 1.29 is 8.42 Å². The van der Waals surface area contributed by atoms with Gasteiger partial charge in [-0.1, -0.05) is 35.5 Å². The molecule has 0 saturated carbocycles. The standard InChI is InChI=1S/C11H13N3O2S/c1-17(15,16)9-11-8-14(13-12-11)7-10-5-3-2-4-6-10/h2-6,8H,7,9H2,1H3. The second-order valence-corrected chi connectivity index (χ2v) is 6.10. The summed E-state index contributed by atoms with van der Waals surface area (Å²) in [6.45, 7) is 0.595. The largest absolute Gasteiger partial charge is 0.248 e. The predicted molar refractivity (Wildman–Crippen MR) is 64.1 cm³/mol. The lowest BCUT2D eigenvalue weighted by Gasteiger charge is -1.99. The molecule has 0 aliphatic rings. The molecule has 0 N–H and O–H groups in total. The summed E-state index contributed by atoms with van der Waals surface area (Å²) >= 11 is 0. The fraction of sp³-hybridized carbons (Fsp3) is 0.273. The Labute approximate surface area is 100 Å². The van der Waals surface area contributed by atoms with E-state index in [1.54, 1.807) is 10.9 Å². The number of hydrogen-bond donors (Lipinski definition) is 0. The monoisotopic (exact) mass is 251 g/mol. The molecule has 0 aliphatic carbocycles. The third kappa shape index (κ3) is 3.67. The van der Waals surface area contributed by atoms with E-state index >= 15 is 0 Å². The van der Waals surface area contributed by atoms with E-state index in [4.69, 9.17) is 0 Å². The van der Waals surface area contributed by atoms with E-state index in [1.807, 2.05) is 30.3 Å². The first-order valence-electron chi connectivity index (χ1n) is 5.13. The second kappa shape index (κ2) is 4.67. The SMILES string of the molecule is CS(=O)(=O)Cc1cn(Cc2ccccc2)nn1. The maximum Gasteiger partial charge on any atom is 0.153 e. The maximum atomic E-state index is 11.1. The van der Waals surface area contributed by atoms with Crippen molar-refractivity contribution >= 4 is 9.84 Å². The molecule has 6 heteroatoms. The van der Waals surface area contributed by atoms with Crippen LogP contribution < -0.4 is 0 Å². The van der Waals surface area contributed by atoms with E-state index in [0.717, 1.165) is 5.56 Å². The zero-order valence-corrected chi connectivity index (χ0v) is 10.3. The molecule has 0 amide bonds. The van der Waals surface area contributed by atoms with Gasteiger partial charge < -0.3 is 0 Å². The second-order valence-electron chi connectivity index (χ2n) is 3.96. The van der Waals surface area contributed by atoms with Crippen LogP contribution in [-0.2, 0) is 22.1 Å². The highest BCUT2D eigenvalue weighted by atomic mass is 32.2. The smallest absolute Gasteiger partial charge is 0.153 e. The minimum atomic E-state index is -3.05. The van der Waals surface area contributed by atoms with E-state index in [-0.39, 0.29) is 5.75 Å². The first kappa shape index (κ1) is 11.8.